The monoisotopic (exact) mass is 277 g/mol. The molecule has 0 spiro atoms. The summed E-state index contributed by atoms with van der Waals surface area (Å²) in [6.45, 7) is 6.63. The van der Waals surface area contributed by atoms with Crippen molar-refractivity contribution in [3.8, 4) is 5.75 Å². The quantitative estimate of drug-likeness (QED) is 0.897. The lowest BCUT2D eigenvalue weighted by Crippen LogP contribution is -2.65. The van der Waals surface area contributed by atoms with Gasteiger partial charge in [-0.25, -0.2) is 0 Å². The molecule has 0 saturated carbocycles. The SMILES string of the molecule is CCCC1(O)CN(C(=O)C(C)Oc2ccc(C)cc2)C1. The number of aliphatic hydroxyl groups is 1. The molecule has 1 atom stereocenters. The smallest absolute Gasteiger partial charge is 0.263 e. The number of likely N-dealkylation sites (tertiary alicyclic amines) is 1. The lowest BCUT2D eigenvalue weighted by molar-refractivity contribution is -0.162. The van der Waals surface area contributed by atoms with E-state index in [1.807, 2.05) is 38.1 Å². The van der Waals surface area contributed by atoms with Crippen LogP contribution in [-0.2, 0) is 4.79 Å². The Bertz CT molecular complexity index is 463. The Labute approximate surface area is 120 Å². The van der Waals surface area contributed by atoms with Crippen molar-refractivity contribution < 1.29 is 14.6 Å². The van der Waals surface area contributed by atoms with Gasteiger partial charge in [-0.15, -0.1) is 0 Å². The summed E-state index contributed by atoms with van der Waals surface area (Å²) in [7, 11) is 0. The third-order valence-electron chi connectivity index (χ3n) is 3.68. The van der Waals surface area contributed by atoms with E-state index in [9.17, 15) is 9.90 Å². The third-order valence-corrected chi connectivity index (χ3v) is 3.68. The van der Waals surface area contributed by atoms with Crippen molar-refractivity contribution in [1.29, 1.82) is 0 Å². The van der Waals surface area contributed by atoms with Crippen LogP contribution in [0.25, 0.3) is 0 Å². The maximum absolute atomic E-state index is 12.2. The molecule has 1 unspecified atom stereocenters. The Morgan fingerprint density at radius 3 is 2.55 bits per heavy atom. The van der Waals surface area contributed by atoms with Crippen molar-refractivity contribution in [2.75, 3.05) is 13.1 Å². The molecule has 1 N–H and O–H groups in total. The van der Waals surface area contributed by atoms with Gasteiger partial charge in [-0.1, -0.05) is 31.0 Å². The second-order valence-corrected chi connectivity index (χ2v) is 5.74. The lowest BCUT2D eigenvalue weighted by atomic mass is 9.89. The zero-order valence-corrected chi connectivity index (χ0v) is 12.4. The number of benzene rings is 1. The van der Waals surface area contributed by atoms with Gasteiger partial charge in [0.25, 0.3) is 5.91 Å². The number of rotatable bonds is 5. The van der Waals surface area contributed by atoms with Gasteiger partial charge in [-0.05, 0) is 32.4 Å². The van der Waals surface area contributed by atoms with Crippen LogP contribution < -0.4 is 4.74 Å². The van der Waals surface area contributed by atoms with Gasteiger partial charge in [-0.3, -0.25) is 4.79 Å². The van der Waals surface area contributed by atoms with Crippen molar-refractivity contribution in [2.24, 2.45) is 0 Å². The van der Waals surface area contributed by atoms with Crippen LogP contribution in [0.3, 0.4) is 0 Å². The van der Waals surface area contributed by atoms with E-state index in [-0.39, 0.29) is 5.91 Å². The second kappa shape index (κ2) is 5.83. The zero-order valence-electron chi connectivity index (χ0n) is 12.4. The van der Waals surface area contributed by atoms with Crippen LogP contribution in [-0.4, -0.2) is 40.7 Å². The summed E-state index contributed by atoms with van der Waals surface area (Å²) in [5, 5.41) is 10.1. The molecule has 0 aromatic heterocycles. The fourth-order valence-electron chi connectivity index (χ4n) is 2.57. The van der Waals surface area contributed by atoms with E-state index in [1.54, 1.807) is 11.8 Å². The van der Waals surface area contributed by atoms with Crippen LogP contribution in [0, 0.1) is 6.92 Å². The minimum atomic E-state index is -0.687. The van der Waals surface area contributed by atoms with E-state index in [0.29, 0.717) is 18.8 Å². The van der Waals surface area contributed by atoms with Gasteiger partial charge in [0.1, 0.15) is 5.75 Å². The molecule has 1 saturated heterocycles. The third kappa shape index (κ3) is 3.31. The van der Waals surface area contributed by atoms with Gasteiger partial charge in [0.2, 0.25) is 0 Å². The summed E-state index contributed by atoms with van der Waals surface area (Å²) in [6.07, 6.45) is 1.14. The molecule has 1 aliphatic rings. The maximum atomic E-state index is 12.2. The molecule has 0 bridgehead atoms. The van der Waals surface area contributed by atoms with Crippen LogP contribution >= 0.6 is 0 Å². The fraction of sp³-hybridized carbons (Fsp3) is 0.562. The highest BCUT2D eigenvalue weighted by molar-refractivity contribution is 5.82. The highest BCUT2D eigenvalue weighted by Crippen LogP contribution is 2.26. The average Bonchev–Trinajstić information content (AvgIpc) is 2.38. The Morgan fingerprint density at radius 1 is 1.40 bits per heavy atom. The minimum Gasteiger partial charge on any atom is -0.481 e. The average molecular weight is 277 g/mol. The first kappa shape index (κ1) is 14.9. The minimum absolute atomic E-state index is 0.0636. The number of nitrogens with zero attached hydrogens (tertiary/aromatic N) is 1. The molecule has 0 aliphatic carbocycles. The number of hydrogen-bond donors (Lipinski definition) is 1. The number of aryl methyl sites for hydroxylation is 1. The number of ether oxygens (including phenoxy) is 1. The van der Waals surface area contributed by atoms with Crippen LogP contribution in [0.15, 0.2) is 24.3 Å². The molecule has 4 heteroatoms. The standard InChI is InChI=1S/C16H23NO3/c1-4-9-16(19)10-17(11-16)15(18)13(3)20-14-7-5-12(2)6-8-14/h5-8,13,19H,4,9-11H2,1-3H3. The van der Waals surface area contributed by atoms with Crippen LogP contribution in [0.5, 0.6) is 5.75 Å². The lowest BCUT2D eigenvalue weighted by Gasteiger charge is -2.47. The summed E-state index contributed by atoms with van der Waals surface area (Å²) in [5.41, 5.74) is 0.470. The van der Waals surface area contributed by atoms with Gasteiger partial charge in [0.15, 0.2) is 6.10 Å². The van der Waals surface area contributed by atoms with Crippen molar-refractivity contribution in [2.45, 2.75) is 45.3 Å². The number of amides is 1. The molecule has 1 aromatic carbocycles. The first-order chi connectivity index (χ1) is 9.43. The highest BCUT2D eigenvalue weighted by atomic mass is 16.5. The van der Waals surface area contributed by atoms with Crippen LogP contribution in [0.1, 0.15) is 32.3 Å². The second-order valence-electron chi connectivity index (χ2n) is 5.74. The van der Waals surface area contributed by atoms with E-state index >= 15 is 0 Å². The number of hydrogen-bond acceptors (Lipinski definition) is 3. The van der Waals surface area contributed by atoms with Gasteiger partial charge in [0.05, 0.1) is 18.7 Å². The predicted molar refractivity (Wildman–Crippen MR) is 77.7 cm³/mol. The van der Waals surface area contributed by atoms with Gasteiger partial charge in [0, 0.05) is 0 Å². The molecule has 1 amide bonds. The van der Waals surface area contributed by atoms with Crippen LogP contribution in [0.2, 0.25) is 0 Å². The van der Waals surface area contributed by atoms with E-state index in [4.69, 9.17) is 4.74 Å². The molecular weight excluding hydrogens is 254 g/mol. The maximum Gasteiger partial charge on any atom is 0.263 e. The summed E-state index contributed by atoms with van der Waals surface area (Å²) in [6, 6.07) is 7.64. The predicted octanol–water partition coefficient (Wildman–Crippen LogP) is 2.14. The van der Waals surface area contributed by atoms with Crippen molar-refractivity contribution >= 4 is 5.91 Å². The Morgan fingerprint density at radius 2 is 2.00 bits per heavy atom. The first-order valence-electron chi connectivity index (χ1n) is 7.18. The molecule has 110 valence electrons. The Hall–Kier alpha value is -1.55. The largest absolute Gasteiger partial charge is 0.481 e. The van der Waals surface area contributed by atoms with Crippen molar-refractivity contribution in [3.63, 3.8) is 0 Å². The summed E-state index contributed by atoms with van der Waals surface area (Å²) < 4.78 is 5.64. The first-order valence-corrected chi connectivity index (χ1v) is 7.18. The van der Waals surface area contributed by atoms with E-state index in [1.165, 1.54) is 0 Å². The van der Waals surface area contributed by atoms with Gasteiger partial charge in [-0.2, -0.15) is 0 Å². The Balaban J connectivity index is 1.86. The van der Waals surface area contributed by atoms with Gasteiger partial charge >= 0.3 is 0 Å². The van der Waals surface area contributed by atoms with Gasteiger partial charge < -0.3 is 14.7 Å². The summed E-state index contributed by atoms with van der Waals surface area (Å²) in [4.78, 5) is 13.8. The zero-order chi connectivity index (χ0) is 14.8. The molecule has 0 radical (unpaired) electrons. The number of carbonyl (C=O) groups is 1. The molecule has 4 nitrogen and oxygen atoms in total. The molecule has 1 aromatic rings. The molecule has 20 heavy (non-hydrogen) atoms. The molecule has 1 fully saturated rings. The molecule has 1 heterocycles. The molecule has 2 rings (SSSR count). The van der Waals surface area contributed by atoms with Crippen LogP contribution in [0.4, 0.5) is 0 Å². The molecular formula is C16H23NO3. The van der Waals surface area contributed by atoms with E-state index < -0.39 is 11.7 Å². The normalized spacial score (nSPS) is 18.3. The summed E-state index contributed by atoms with van der Waals surface area (Å²) in [5.74, 6) is 0.632. The van der Waals surface area contributed by atoms with Crippen molar-refractivity contribution in [1.82, 2.24) is 4.90 Å². The topological polar surface area (TPSA) is 49.8 Å². The fourth-order valence-corrected chi connectivity index (χ4v) is 2.57. The number of β-amino-alcohol motifs (C(OH)–C–C–N with tert-alkyl or cyclic N) is 1. The molecule has 1 aliphatic heterocycles. The van der Waals surface area contributed by atoms with E-state index in [0.717, 1.165) is 18.4 Å². The highest BCUT2D eigenvalue weighted by Gasteiger charge is 2.44. The Kier molecular flexibility index (Phi) is 4.33. The van der Waals surface area contributed by atoms with Crippen molar-refractivity contribution in [3.05, 3.63) is 29.8 Å². The number of carbonyl (C=O) groups excluding carboxylic acids is 1. The summed E-state index contributed by atoms with van der Waals surface area (Å²) >= 11 is 0. The van der Waals surface area contributed by atoms with E-state index in [2.05, 4.69) is 0 Å².